The van der Waals surface area contributed by atoms with Crippen molar-refractivity contribution in [2.75, 3.05) is 13.1 Å². The lowest BCUT2D eigenvalue weighted by Gasteiger charge is -2.20. The Labute approximate surface area is 143 Å². The van der Waals surface area contributed by atoms with Gasteiger partial charge < -0.3 is 15.3 Å². The van der Waals surface area contributed by atoms with Crippen LogP contribution in [-0.2, 0) is 14.4 Å². The van der Waals surface area contributed by atoms with Crippen LogP contribution in [0.25, 0.3) is 0 Å². The van der Waals surface area contributed by atoms with Crippen molar-refractivity contribution in [3.05, 3.63) is 34.6 Å². The minimum atomic E-state index is -1.13. The average molecular weight is 357 g/mol. The first kappa shape index (κ1) is 18.2. The minimum absolute atomic E-state index is 0.0841. The summed E-state index contributed by atoms with van der Waals surface area (Å²) in [5.74, 6) is -2.88. The van der Waals surface area contributed by atoms with Gasteiger partial charge in [-0.2, -0.15) is 0 Å². The van der Waals surface area contributed by atoms with E-state index in [0.29, 0.717) is 18.7 Å². The van der Waals surface area contributed by atoms with Gasteiger partial charge in [-0.1, -0.05) is 17.7 Å². The summed E-state index contributed by atoms with van der Waals surface area (Å²) in [4.78, 5) is 36.7. The molecular weight excluding hydrogens is 339 g/mol. The smallest absolute Gasteiger partial charge is 0.305 e. The highest BCUT2D eigenvalue weighted by Gasteiger charge is 2.34. The van der Waals surface area contributed by atoms with Gasteiger partial charge in [0.25, 0.3) is 0 Å². The molecule has 1 fully saturated rings. The lowest BCUT2D eigenvalue weighted by molar-refractivity contribution is -0.138. The molecule has 0 saturated carbocycles. The lowest BCUT2D eigenvalue weighted by Crippen LogP contribution is -2.36. The predicted octanol–water partition coefficient (Wildman–Crippen LogP) is 1.98. The number of amides is 2. The van der Waals surface area contributed by atoms with E-state index in [1.807, 2.05) is 6.92 Å². The monoisotopic (exact) mass is 356 g/mol. The van der Waals surface area contributed by atoms with E-state index in [1.165, 1.54) is 12.1 Å². The van der Waals surface area contributed by atoms with Crippen LogP contribution < -0.4 is 5.32 Å². The van der Waals surface area contributed by atoms with E-state index in [9.17, 15) is 18.8 Å². The maximum atomic E-state index is 13.6. The molecule has 1 heterocycles. The predicted molar refractivity (Wildman–Crippen MR) is 84.9 cm³/mol. The van der Waals surface area contributed by atoms with Crippen molar-refractivity contribution in [1.29, 1.82) is 0 Å². The molecule has 0 aromatic heterocycles. The summed E-state index contributed by atoms with van der Waals surface area (Å²) in [6, 6.07) is 2.99. The van der Waals surface area contributed by atoms with Crippen LogP contribution in [0.15, 0.2) is 18.2 Å². The van der Waals surface area contributed by atoms with Gasteiger partial charge >= 0.3 is 5.97 Å². The molecule has 24 heavy (non-hydrogen) atoms. The molecule has 2 N–H and O–H groups in total. The van der Waals surface area contributed by atoms with Crippen LogP contribution in [0.3, 0.4) is 0 Å². The van der Waals surface area contributed by atoms with Crippen molar-refractivity contribution in [2.24, 2.45) is 5.92 Å². The Bertz CT molecular complexity index is 667. The molecule has 0 radical (unpaired) electrons. The quantitative estimate of drug-likeness (QED) is 0.816. The molecule has 2 amide bonds. The van der Waals surface area contributed by atoms with Gasteiger partial charge in [0.1, 0.15) is 5.82 Å². The van der Waals surface area contributed by atoms with Crippen molar-refractivity contribution in [3.63, 3.8) is 0 Å². The fourth-order valence-corrected chi connectivity index (χ4v) is 2.82. The summed E-state index contributed by atoms with van der Waals surface area (Å²) in [5, 5.41) is 11.6. The number of halogens is 2. The number of carbonyl (C=O) groups excluding carboxylic acids is 2. The highest BCUT2D eigenvalue weighted by atomic mass is 35.5. The molecule has 2 atom stereocenters. The second kappa shape index (κ2) is 7.61. The molecule has 0 spiro atoms. The number of hydrogen-bond donors (Lipinski definition) is 2. The van der Waals surface area contributed by atoms with Crippen molar-refractivity contribution in [3.8, 4) is 0 Å². The SMILES string of the molecule is CCN1CC(C(=O)NC(CC(=O)O)c2ccc(Cl)c(F)c2)CC1=O. The summed E-state index contributed by atoms with van der Waals surface area (Å²) in [5.41, 5.74) is 0.310. The highest BCUT2D eigenvalue weighted by molar-refractivity contribution is 6.30. The number of carbonyl (C=O) groups is 3. The van der Waals surface area contributed by atoms with E-state index in [2.05, 4.69) is 5.32 Å². The molecule has 2 rings (SSSR count). The average Bonchev–Trinajstić information content (AvgIpc) is 2.90. The molecule has 2 unspecified atom stereocenters. The zero-order chi connectivity index (χ0) is 17.9. The van der Waals surface area contributed by atoms with Gasteiger partial charge in [0.05, 0.1) is 23.4 Å². The van der Waals surface area contributed by atoms with Gasteiger partial charge in [0.2, 0.25) is 11.8 Å². The highest BCUT2D eigenvalue weighted by Crippen LogP contribution is 2.24. The number of hydrogen-bond acceptors (Lipinski definition) is 3. The number of benzene rings is 1. The summed E-state index contributed by atoms with van der Waals surface area (Å²) in [7, 11) is 0. The number of aliphatic carboxylic acids is 1. The van der Waals surface area contributed by atoms with Crippen LogP contribution in [0.5, 0.6) is 0 Å². The van der Waals surface area contributed by atoms with Gasteiger partial charge in [-0.05, 0) is 24.6 Å². The van der Waals surface area contributed by atoms with Gasteiger partial charge in [0.15, 0.2) is 0 Å². The first-order valence-corrected chi connectivity index (χ1v) is 7.94. The second-order valence-electron chi connectivity index (χ2n) is 5.67. The zero-order valence-electron chi connectivity index (χ0n) is 13.1. The minimum Gasteiger partial charge on any atom is -0.481 e. The lowest BCUT2D eigenvalue weighted by atomic mass is 10.0. The molecule has 1 aliphatic rings. The van der Waals surface area contributed by atoms with Gasteiger partial charge in [-0.3, -0.25) is 14.4 Å². The van der Waals surface area contributed by atoms with Crippen molar-refractivity contribution in [1.82, 2.24) is 10.2 Å². The Morgan fingerprint density at radius 3 is 2.75 bits per heavy atom. The maximum absolute atomic E-state index is 13.6. The number of nitrogens with zero attached hydrogens (tertiary/aromatic N) is 1. The van der Waals surface area contributed by atoms with E-state index >= 15 is 0 Å². The zero-order valence-corrected chi connectivity index (χ0v) is 13.8. The number of carboxylic acids is 1. The molecule has 1 saturated heterocycles. The summed E-state index contributed by atoms with van der Waals surface area (Å²) in [6.45, 7) is 2.64. The number of rotatable bonds is 6. The summed E-state index contributed by atoms with van der Waals surface area (Å²) >= 11 is 5.63. The third kappa shape index (κ3) is 4.23. The van der Waals surface area contributed by atoms with Crippen LogP contribution in [0.2, 0.25) is 5.02 Å². The Balaban J connectivity index is 2.14. The van der Waals surface area contributed by atoms with Crippen LogP contribution in [0, 0.1) is 11.7 Å². The molecule has 0 aliphatic carbocycles. The number of likely N-dealkylation sites (tertiary alicyclic amines) is 1. The van der Waals surface area contributed by atoms with Crippen LogP contribution >= 0.6 is 11.6 Å². The Morgan fingerprint density at radius 2 is 2.21 bits per heavy atom. The van der Waals surface area contributed by atoms with E-state index in [0.717, 1.165) is 6.07 Å². The van der Waals surface area contributed by atoms with Gasteiger partial charge in [-0.15, -0.1) is 0 Å². The first-order chi connectivity index (χ1) is 11.3. The molecule has 1 aromatic carbocycles. The van der Waals surface area contributed by atoms with E-state index in [4.69, 9.17) is 16.7 Å². The third-order valence-corrected chi connectivity index (χ3v) is 4.31. The van der Waals surface area contributed by atoms with Crippen molar-refractivity contribution < 1.29 is 23.9 Å². The van der Waals surface area contributed by atoms with Crippen molar-refractivity contribution in [2.45, 2.75) is 25.8 Å². The van der Waals surface area contributed by atoms with Crippen LogP contribution in [0.4, 0.5) is 4.39 Å². The second-order valence-corrected chi connectivity index (χ2v) is 6.07. The molecule has 130 valence electrons. The fraction of sp³-hybridized carbons (Fsp3) is 0.438. The Hall–Kier alpha value is -2.15. The first-order valence-electron chi connectivity index (χ1n) is 7.56. The fourth-order valence-electron chi connectivity index (χ4n) is 2.70. The van der Waals surface area contributed by atoms with Crippen molar-refractivity contribution >= 4 is 29.4 Å². The van der Waals surface area contributed by atoms with E-state index in [-0.39, 0.29) is 17.4 Å². The normalized spacial score (nSPS) is 18.5. The largest absolute Gasteiger partial charge is 0.481 e. The molecular formula is C16H18ClFN2O4. The molecule has 0 bridgehead atoms. The van der Waals surface area contributed by atoms with Crippen LogP contribution in [-0.4, -0.2) is 40.9 Å². The Morgan fingerprint density at radius 1 is 1.50 bits per heavy atom. The third-order valence-electron chi connectivity index (χ3n) is 4.01. The van der Waals surface area contributed by atoms with E-state index in [1.54, 1.807) is 4.90 Å². The van der Waals surface area contributed by atoms with Crippen LogP contribution in [0.1, 0.15) is 31.4 Å². The van der Waals surface area contributed by atoms with E-state index < -0.39 is 36.1 Å². The number of carboxylic acid groups (broad SMARTS) is 1. The van der Waals surface area contributed by atoms with Gasteiger partial charge in [-0.25, -0.2) is 4.39 Å². The molecule has 1 aliphatic heterocycles. The standard InChI is InChI=1S/C16H18ClFN2O4/c1-2-20-8-10(6-14(20)21)16(24)19-13(7-15(22)23)9-3-4-11(17)12(18)5-9/h3-5,10,13H,2,6-8H2,1H3,(H,19,24)(H,22,23). The molecule has 6 nitrogen and oxygen atoms in total. The van der Waals surface area contributed by atoms with Gasteiger partial charge in [0, 0.05) is 19.5 Å². The summed E-state index contributed by atoms with van der Waals surface area (Å²) in [6.07, 6.45) is -0.306. The maximum Gasteiger partial charge on any atom is 0.305 e. The molecule has 8 heteroatoms. The molecule has 1 aromatic rings. The summed E-state index contributed by atoms with van der Waals surface area (Å²) < 4.78 is 13.6. The number of nitrogens with one attached hydrogen (secondary N) is 1. The topological polar surface area (TPSA) is 86.7 Å². The Kier molecular flexibility index (Phi) is 5.77.